The monoisotopic (exact) mass is 649 g/mol. The number of benzene rings is 2. The summed E-state index contributed by atoms with van der Waals surface area (Å²) in [6.45, 7) is 3.50. The molecule has 2 atom stereocenters. The van der Waals surface area contributed by atoms with E-state index in [0.717, 1.165) is 37.1 Å². The molecule has 4 aliphatic rings. The van der Waals surface area contributed by atoms with E-state index in [-0.39, 0.29) is 64.6 Å². The number of aryl methyl sites for hydroxylation is 2. The fourth-order valence-electron chi connectivity index (χ4n) is 8.64. The second-order valence-electron chi connectivity index (χ2n) is 13.3. The van der Waals surface area contributed by atoms with Crippen LogP contribution in [0.2, 0.25) is 0 Å². The molecule has 4 nitrogen and oxygen atoms in total. The molecule has 1 aliphatic heterocycles. The van der Waals surface area contributed by atoms with Crippen molar-refractivity contribution in [2.45, 2.75) is 92.5 Å². The first-order valence-corrected chi connectivity index (χ1v) is 16.0. The second-order valence-corrected chi connectivity index (χ2v) is 15.5. The average Bonchev–Trinajstić information content (AvgIpc) is 3.30. The van der Waals surface area contributed by atoms with Gasteiger partial charge in [-0.1, -0.05) is 25.1 Å². The Hall–Kier alpha value is -2.70. The van der Waals surface area contributed by atoms with Crippen molar-refractivity contribution in [3.05, 3.63) is 64.5 Å². The standard InChI is InChI=1S/C31H31F8NO3S/c1-17-13-27(14-17)15-20(16-27)26(41)40-10-9-28(44(42,43)22-5-7-24(32)18(2)11-22)23-6-4-21(12-19(23)3-8-25(28)40)29(33,30(34,35)36)31(37,38)39/h4-7,11-12,17,20,25H,3,8-10,13-16H2,1-2H3. The Morgan fingerprint density at radius 3 is 2.14 bits per heavy atom. The van der Waals surface area contributed by atoms with Crippen molar-refractivity contribution in [1.29, 1.82) is 0 Å². The van der Waals surface area contributed by atoms with E-state index in [0.29, 0.717) is 30.9 Å². The molecule has 240 valence electrons. The van der Waals surface area contributed by atoms with Gasteiger partial charge in [0.2, 0.25) is 5.91 Å². The maximum absolute atomic E-state index is 15.0. The molecule has 0 aromatic heterocycles. The summed E-state index contributed by atoms with van der Waals surface area (Å²) in [5.74, 6) is -0.613. The highest BCUT2D eigenvalue weighted by Gasteiger charge is 2.74. The molecule has 44 heavy (non-hydrogen) atoms. The highest BCUT2D eigenvalue weighted by atomic mass is 32.2. The van der Waals surface area contributed by atoms with Gasteiger partial charge in [0.1, 0.15) is 10.6 Å². The quantitative estimate of drug-likeness (QED) is 0.255. The molecule has 2 unspecified atom stereocenters. The normalized spacial score (nSPS) is 30.4. The molecule has 1 amide bonds. The number of amides is 1. The number of rotatable bonds is 4. The lowest BCUT2D eigenvalue weighted by atomic mass is 9.48. The van der Waals surface area contributed by atoms with E-state index in [4.69, 9.17) is 0 Å². The lowest BCUT2D eigenvalue weighted by Crippen LogP contribution is -2.56. The first kappa shape index (κ1) is 31.3. The fourth-order valence-corrected chi connectivity index (χ4v) is 11.1. The van der Waals surface area contributed by atoms with Gasteiger partial charge in [0.05, 0.1) is 10.9 Å². The average molecular weight is 650 g/mol. The van der Waals surface area contributed by atoms with Crippen LogP contribution >= 0.6 is 0 Å². The molecule has 1 saturated heterocycles. The highest BCUT2D eigenvalue weighted by molar-refractivity contribution is 7.92. The maximum Gasteiger partial charge on any atom is 0.435 e. The van der Waals surface area contributed by atoms with Crippen LogP contribution in [0.15, 0.2) is 41.3 Å². The van der Waals surface area contributed by atoms with Crippen molar-refractivity contribution >= 4 is 15.7 Å². The maximum atomic E-state index is 15.0. The molecule has 0 N–H and O–H groups in total. The molecule has 1 heterocycles. The minimum atomic E-state index is -6.33. The van der Waals surface area contributed by atoms with Crippen molar-refractivity contribution in [3.8, 4) is 0 Å². The number of hydrogen-bond donors (Lipinski definition) is 0. The number of carbonyl (C=O) groups excluding carboxylic acids is 1. The van der Waals surface area contributed by atoms with Crippen LogP contribution < -0.4 is 0 Å². The lowest BCUT2D eigenvalue weighted by molar-refractivity contribution is -0.348. The predicted octanol–water partition coefficient (Wildman–Crippen LogP) is 7.47. The van der Waals surface area contributed by atoms with Crippen LogP contribution in [0.25, 0.3) is 0 Å². The minimum Gasteiger partial charge on any atom is -0.337 e. The highest BCUT2D eigenvalue weighted by Crippen LogP contribution is 2.62. The van der Waals surface area contributed by atoms with Gasteiger partial charge in [-0.25, -0.2) is 17.2 Å². The van der Waals surface area contributed by atoms with Gasteiger partial charge >= 0.3 is 18.0 Å². The molecule has 2 saturated carbocycles. The van der Waals surface area contributed by atoms with Crippen LogP contribution in [0.4, 0.5) is 35.1 Å². The number of alkyl halides is 7. The van der Waals surface area contributed by atoms with Crippen molar-refractivity contribution in [3.63, 3.8) is 0 Å². The van der Waals surface area contributed by atoms with Crippen LogP contribution in [0, 0.1) is 30.0 Å². The SMILES string of the molecule is Cc1cc(S(=O)(=O)C23CCN(C(=O)C4CC5(CC(C)C5)C4)C2CCc2cc(C(F)(C(F)(F)F)C(F)(F)F)ccc23)ccc1F. The Kier molecular flexibility index (Phi) is 6.86. The van der Waals surface area contributed by atoms with Crippen LogP contribution in [0.1, 0.15) is 67.7 Å². The van der Waals surface area contributed by atoms with Crippen molar-refractivity contribution < 1.29 is 48.3 Å². The summed E-state index contributed by atoms with van der Waals surface area (Å²) >= 11 is 0. The summed E-state index contributed by atoms with van der Waals surface area (Å²) in [7, 11) is -4.52. The van der Waals surface area contributed by atoms with E-state index in [2.05, 4.69) is 6.92 Å². The molecule has 3 fully saturated rings. The van der Waals surface area contributed by atoms with Gasteiger partial charge in [-0.05, 0) is 98.1 Å². The largest absolute Gasteiger partial charge is 0.435 e. The molecule has 2 aromatic carbocycles. The molecule has 1 spiro atoms. The van der Waals surface area contributed by atoms with Crippen LogP contribution in [0.3, 0.4) is 0 Å². The summed E-state index contributed by atoms with van der Waals surface area (Å²) in [5, 5.41) is 0. The molecule has 0 bridgehead atoms. The third-order valence-electron chi connectivity index (χ3n) is 10.5. The number of likely N-dealkylation sites (tertiary alicyclic amines) is 1. The van der Waals surface area contributed by atoms with E-state index in [1.165, 1.54) is 11.8 Å². The molecule has 0 radical (unpaired) electrons. The van der Waals surface area contributed by atoms with E-state index in [1.807, 2.05) is 0 Å². The Labute approximate surface area is 249 Å². The number of halogens is 8. The van der Waals surface area contributed by atoms with Gasteiger partial charge in [-0.15, -0.1) is 0 Å². The molecule has 3 aliphatic carbocycles. The van der Waals surface area contributed by atoms with Gasteiger partial charge in [0.15, 0.2) is 9.84 Å². The number of nitrogens with zero attached hydrogens (tertiary/aromatic N) is 1. The summed E-state index contributed by atoms with van der Waals surface area (Å²) in [6, 6.07) is 3.81. The smallest absolute Gasteiger partial charge is 0.337 e. The zero-order valence-corrected chi connectivity index (χ0v) is 24.8. The van der Waals surface area contributed by atoms with Crippen molar-refractivity contribution in [2.24, 2.45) is 17.3 Å². The van der Waals surface area contributed by atoms with E-state index in [9.17, 15) is 43.9 Å². The molecular formula is C31H31F8NO3S. The van der Waals surface area contributed by atoms with E-state index < -0.39 is 50.0 Å². The Balaban J connectivity index is 1.46. The molecule has 13 heteroatoms. The first-order chi connectivity index (χ1) is 20.3. The number of hydrogen-bond acceptors (Lipinski definition) is 3. The van der Waals surface area contributed by atoms with Gasteiger partial charge in [0.25, 0.3) is 0 Å². The van der Waals surface area contributed by atoms with Gasteiger partial charge < -0.3 is 4.90 Å². The van der Waals surface area contributed by atoms with Crippen LogP contribution in [0.5, 0.6) is 0 Å². The van der Waals surface area contributed by atoms with Gasteiger partial charge in [-0.3, -0.25) is 4.79 Å². The zero-order chi connectivity index (χ0) is 32.3. The Morgan fingerprint density at radius 2 is 1.57 bits per heavy atom. The lowest BCUT2D eigenvalue weighted by Gasteiger charge is -2.57. The van der Waals surface area contributed by atoms with E-state index >= 15 is 4.39 Å². The summed E-state index contributed by atoms with van der Waals surface area (Å²) in [5.41, 5.74) is -7.47. The fraction of sp³-hybridized carbons (Fsp3) is 0.581. The predicted molar refractivity (Wildman–Crippen MR) is 143 cm³/mol. The first-order valence-electron chi connectivity index (χ1n) is 14.5. The molecular weight excluding hydrogens is 618 g/mol. The number of sulfone groups is 1. The third kappa shape index (κ3) is 4.19. The van der Waals surface area contributed by atoms with Gasteiger partial charge in [-0.2, -0.15) is 26.3 Å². The zero-order valence-electron chi connectivity index (χ0n) is 24.0. The van der Waals surface area contributed by atoms with E-state index in [1.54, 1.807) is 0 Å². The Bertz CT molecular complexity index is 1610. The molecule has 6 rings (SSSR count). The number of fused-ring (bicyclic) bond motifs is 3. The summed E-state index contributed by atoms with van der Waals surface area (Å²) < 4.78 is 138. The number of carbonyl (C=O) groups is 1. The summed E-state index contributed by atoms with van der Waals surface area (Å²) in [6.07, 6.45) is -9.69. The third-order valence-corrected chi connectivity index (χ3v) is 13.1. The van der Waals surface area contributed by atoms with Crippen molar-refractivity contribution in [2.75, 3.05) is 6.54 Å². The topological polar surface area (TPSA) is 54.5 Å². The molecule has 2 aromatic rings. The summed E-state index contributed by atoms with van der Waals surface area (Å²) in [4.78, 5) is 15.0. The van der Waals surface area contributed by atoms with Gasteiger partial charge in [0, 0.05) is 18.0 Å². The second kappa shape index (κ2) is 9.65. The minimum absolute atomic E-state index is 0.00213. The van der Waals surface area contributed by atoms with Crippen LogP contribution in [-0.2, 0) is 31.5 Å². The Morgan fingerprint density at radius 1 is 0.932 bits per heavy atom. The van der Waals surface area contributed by atoms with Crippen molar-refractivity contribution in [1.82, 2.24) is 4.90 Å². The van der Waals surface area contributed by atoms with Crippen LogP contribution in [-0.4, -0.2) is 44.2 Å².